The Bertz CT molecular complexity index is 1050. The monoisotopic (exact) mass is 473 g/mol. The van der Waals surface area contributed by atoms with Crippen LogP contribution in [0.15, 0.2) is 91.0 Å². The van der Waals surface area contributed by atoms with Crippen LogP contribution in [0.4, 0.5) is 4.79 Å². The summed E-state index contributed by atoms with van der Waals surface area (Å²) in [5.74, 6) is -1.31. The number of hydrogen-bond donors (Lipinski definition) is 3. The fraction of sp³-hybridized carbons (Fsp3) is 0.250. The zero-order valence-corrected chi connectivity index (χ0v) is 20.2. The Balaban J connectivity index is 2.00. The molecular weight excluding hydrogens is 442 g/mol. The summed E-state index contributed by atoms with van der Waals surface area (Å²) in [5.41, 5.74) is 6.20. The van der Waals surface area contributed by atoms with E-state index in [0.29, 0.717) is 0 Å². The second kappa shape index (κ2) is 10.9. The van der Waals surface area contributed by atoms with Gasteiger partial charge in [0.25, 0.3) is 0 Å². The number of rotatable bonds is 8. The third kappa shape index (κ3) is 6.47. The quantitative estimate of drug-likeness (QED) is 0.432. The summed E-state index contributed by atoms with van der Waals surface area (Å²) >= 11 is 0. The van der Waals surface area contributed by atoms with Crippen molar-refractivity contribution in [2.24, 2.45) is 5.73 Å². The van der Waals surface area contributed by atoms with Crippen LogP contribution in [-0.4, -0.2) is 29.6 Å². The fourth-order valence-electron chi connectivity index (χ4n) is 3.90. The van der Waals surface area contributed by atoms with E-state index in [-0.39, 0.29) is 6.42 Å². The smallest absolute Gasteiger partial charge is 0.408 e. The third-order valence-electron chi connectivity index (χ3n) is 5.37. The van der Waals surface area contributed by atoms with Gasteiger partial charge in [-0.1, -0.05) is 91.0 Å². The number of nitrogens with two attached hydrogens (primary N) is 1. The molecule has 3 aromatic carbocycles. The first-order valence-electron chi connectivity index (χ1n) is 11.4. The average molecular weight is 474 g/mol. The van der Waals surface area contributed by atoms with Gasteiger partial charge in [-0.05, 0) is 37.5 Å². The molecule has 0 aliphatic heterocycles. The molecule has 0 bridgehead atoms. The van der Waals surface area contributed by atoms with Crippen LogP contribution in [0.2, 0.25) is 0 Å². The summed E-state index contributed by atoms with van der Waals surface area (Å²) in [6, 6.07) is 27.5. The summed E-state index contributed by atoms with van der Waals surface area (Å²) in [5, 5.41) is 5.56. The molecule has 3 aromatic rings. The Morgan fingerprint density at radius 3 is 1.51 bits per heavy atom. The van der Waals surface area contributed by atoms with Gasteiger partial charge in [0.15, 0.2) is 0 Å². The van der Waals surface area contributed by atoms with Crippen LogP contribution >= 0.6 is 0 Å². The standard InChI is InChI=1S/C28H31N3O4/c1-27(2,3)35-26(34)30-23(25(29)33)19-24(32)31-28(20-13-7-4-8-14-20,21-15-9-5-10-16-21)22-17-11-6-12-18-22/h4-18,23H,19H2,1-3H3,(H2,29,33)(H,30,34)(H,31,32)/t23-/m1/s1. The van der Waals surface area contributed by atoms with Gasteiger partial charge >= 0.3 is 6.09 Å². The van der Waals surface area contributed by atoms with Gasteiger partial charge in [-0.25, -0.2) is 4.79 Å². The summed E-state index contributed by atoms with van der Waals surface area (Å²) in [6.45, 7) is 5.10. The molecule has 0 aromatic heterocycles. The number of ether oxygens (including phenoxy) is 1. The van der Waals surface area contributed by atoms with Gasteiger partial charge in [-0.3, -0.25) is 9.59 Å². The second-order valence-corrected chi connectivity index (χ2v) is 9.20. The van der Waals surface area contributed by atoms with E-state index >= 15 is 0 Å². The lowest BCUT2D eigenvalue weighted by Gasteiger charge is -2.37. The molecule has 7 heteroatoms. The maximum Gasteiger partial charge on any atom is 0.408 e. The maximum atomic E-state index is 13.4. The number of benzene rings is 3. The molecule has 3 rings (SSSR count). The van der Waals surface area contributed by atoms with Gasteiger partial charge < -0.3 is 21.1 Å². The predicted octanol–water partition coefficient (Wildman–Crippen LogP) is 3.86. The number of primary amides is 1. The van der Waals surface area contributed by atoms with E-state index in [1.165, 1.54) is 0 Å². The summed E-state index contributed by atoms with van der Waals surface area (Å²) in [6.07, 6.45) is -1.18. The maximum absolute atomic E-state index is 13.4. The average Bonchev–Trinajstić information content (AvgIpc) is 2.82. The van der Waals surface area contributed by atoms with Crippen molar-refractivity contribution in [3.8, 4) is 0 Å². The Kier molecular flexibility index (Phi) is 7.91. The van der Waals surface area contributed by atoms with E-state index in [0.717, 1.165) is 16.7 Å². The lowest BCUT2D eigenvalue weighted by Crippen LogP contribution is -2.52. The van der Waals surface area contributed by atoms with Gasteiger partial charge in [-0.2, -0.15) is 0 Å². The summed E-state index contributed by atoms with van der Waals surface area (Å²) < 4.78 is 5.22. The molecule has 3 amide bonds. The van der Waals surface area contributed by atoms with Gasteiger partial charge in [0.1, 0.15) is 17.2 Å². The van der Waals surface area contributed by atoms with Crippen LogP contribution in [0, 0.1) is 0 Å². The molecule has 0 aliphatic rings. The molecule has 0 spiro atoms. The van der Waals surface area contributed by atoms with E-state index in [2.05, 4.69) is 10.6 Å². The number of alkyl carbamates (subject to hydrolysis) is 1. The summed E-state index contributed by atoms with van der Waals surface area (Å²) in [4.78, 5) is 37.8. The minimum absolute atomic E-state index is 0.358. The van der Waals surface area contributed by atoms with Crippen molar-refractivity contribution in [1.29, 1.82) is 0 Å². The predicted molar refractivity (Wildman–Crippen MR) is 134 cm³/mol. The van der Waals surface area contributed by atoms with E-state index < -0.39 is 35.1 Å². The molecule has 182 valence electrons. The largest absolute Gasteiger partial charge is 0.444 e. The van der Waals surface area contributed by atoms with Crippen LogP contribution in [-0.2, 0) is 19.9 Å². The minimum Gasteiger partial charge on any atom is -0.444 e. The van der Waals surface area contributed by atoms with Crippen LogP contribution < -0.4 is 16.4 Å². The molecule has 0 saturated heterocycles. The molecule has 0 fully saturated rings. The lowest BCUT2D eigenvalue weighted by molar-refractivity contribution is -0.127. The minimum atomic E-state index is -1.25. The second-order valence-electron chi connectivity index (χ2n) is 9.20. The molecule has 4 N–H and O–H groups in total. The van der Waals surface area contributed by atoms with Crippen LogP contribution in [0.25, 0.3) is 0 Å². The first-order chi connectivity index (χ1) is 16.6. The highest BCUT2D eigenvalue weighted by atomic mass is 16.6. The zero-order chi connectivity index (χ0) is 25.5. The van der Waals surface area contributed by atoms with Crippen molar-refractivity contribution in [2.75, 3.05) is 0 Å². The molecule has 0 unspecified atom stereocenters. The highest BCUT2D eigenvalue weighted by Crippen LogP contribution is 2.36. The molecule has 7 nitrogen and oxygen atoms in total. The number of carbonyl (C=O) groups is 3. The highest BCUT2D eigenvalue weighted by Gasteiger charge is 2.38. The molecule has 0 saturated carbocycles. The fourth-order valence-corrected chi connectivity index (χ4v) is 3.90. The lowest BCUT2D eigenvalue weighted by atomic mass is 9.77. The Morgan fingerprint density at radius 1 is 0.771 bits per heavy atom. The van der Waals surface area contributed by atoms with Crippen LogP contribution in [0.5, 0.6) is 0 Å². The van der Waals surface area contributed by atoms with Gasteiger partial charge in [0.05, 0.1) is 6.42 Å². The van der Waals surface area contributed by atoms with E-state index in [1.54, 1.807) is 20.8 Å². The topological polar surface area (TPSA) is 111 Å². The number of carbonyl (C=O) groups excluding carboxylic acids is 3. The van der Waals surface area contributed by atoms with Crippen molar-refractivity contribution in [1.82, 2.24) is 10.6 Å². The number of hydrogen-bond acceptors (Lipinski definition) is 4. The Labute approximate surface area is 205 Å². The van der Waals surface area contributed by atoms with Crippen molar-refractivity contribution >= 4 is 17.9 Å². The van der Waals surface area contributed by atoms with E-state index in [9.17, 15) is 14.4 Å². The molecule has 0 heterocycles. The zero-order valence-electron chi connectivity index (χ0n) is 20.2. The summed E-state index contributed by atoms with van der Waals surface area (Å²) in [7, 11) is 0. The van der Waals surface area contributed by atoms with Gasteiger partial charge in [0.2, 0.25) is 11.8 Å². The highest BCUT2D eigenvalue weighted by molar-refractivity contribution is 5.90. The van der Waals surface area contributed by atoms with Crippen LogP contribution in [0.3, 0.4) is 0 Å². The third-order valence-corrected chi connectivity index (χ3v) is 5.37. The Hall–Kier alpha value is -4.13. The van der Waals surface area contributed by atoms with Crippen molar-refractivity contribution in [3.05, 3.63) is 108 Å². The first-order valence-corrected chi connectivity index (χ1v) is 11.4. The SMILES string of the molecule is CC(C)(C)OC(=O)N[C@H](CC(=O)NC(c1ccccc1)(c1ccccc1)c1ccccc1)C(N)=O. The molecule has 0 aliphatic carbocycles. The van der Waals surface area contributed by atoms with Crippen LogP contribution in [0.1, 0.15) is 43.9 Å². The Morgan fingerprint density at radius 2 is 1.17 bits per heavy atom. The van der Waals surface area contributed by atoms with E-state index in [1.807, 2.05) is 91.0 Å². The van der Waals surface area contributed by atoms with E-state index in [4.69, 9.17) is 10.5 Å². The number of amides is 3. The number of nitrogens with one attached hydrogen (secondary N) is 2. The van der Waals surface area contributed by atoms with Gasteiger partial charge in [0, 0.05) is 0 Å². The molecule has 1 atom stereocenters. The van der Waals surface area contributed by atoms with Crippen molar-refractivity contribution in [2.45, 2.75) is 44.4 Å². The molecule has 0 radical (unpaired) electrons. The van der Waals surface area contributed by atoms with Crippen molar-refractivity contribution < 1.29 is 19.1 Å². The first kappa shape index (κ1) is 25.5. The normalized spacial score (nSPS) is 12.3. The molecular formula is C28H31N3O4. The van der Waals surface area contributed by atoms with Crippen molar-refractivity contribution in [3.63, 3.8) is 0 Å². The van der Waals surface area contributed by atoms with Gasteiger partial charge in [-0.15, -0.1) is 0 Å². The molecule has 35 heavy (non-hydrogen) atoms.